The van der Waals surface area contributed by atoms with Crippen molar-refractivity contribution in [2.45, 2.75) is 44.7 Å². The maximum atomic E-state index is 12.8. The van der Waals surface area contributed by atoms with E-state index >= 15 is 0 Å². The van der Waals surface area contributed by atoms with Gasteiger partial charge in [0, 0.05) is 37.8 Å². The van der Waals surface area contributed by atoms with Crippen molar-refractivity contribution in [3.05, 3.63) is 54.1 Å². The molecule has 2 aromatic rings. The highest BCUT2D eigenvalue weighted by atomic mass is 32.2. The largest absolute Gasteiger partial charge is 0.379 e. The first-order chi connectivity index (χ1) is 15.7. The summed E-state index contributed by atoms with van der Waals surface area (Å²) in [7, 11) is -0.213. The number of hydrogen-bond acceptors (Lipinski definition) is 6. The number of rotatable bonds is 9. The van der Waals surface area contributed by atoms with Crippen molar-refractivity contribution in [1.82, 2.24) is 15.1 Å². The third-order valence-corrected chi connectivity index (χ3v) is 5.79. The van der Waals surface area contributed by atoms with Crippen molar-refractivity contribution < 1.29 is 22.2 Å². The predicted octanol–water partition coefficient (Wildman–Crippen LogP) is 3.28. The van der Waals surface area contributed by atoms with E-state index in [-0.39, 0.29) is 28.1 Å². The van der Waals surface area contributed by atoms with E-state index in [4.69, 9.17) is 4.18 Å². The number of benzene rings is 2. The number of carbonyl (C=O) groups is 2. The van der Waals surface area contributed by atoms with Gasteiger partial charge in [-0.1, -0.05) is 12.1 Å². The van der Waals surface area contributed by atoms with E-state index in [1.54, 1.807) is 23.1 Å². The molecule has 2 rings (SSSR count). The molecule has 0 aliphatic rings. The van der Waals surface area contributed by atoms with Crippen LogP contribution in [0.3, 0.4) is 0 Å². The van der Waals surface area contributed by atoms with Gasteiger partial charge >= 0.3 is 16.1 Å². The first kappa shape index (κ1) is 27.1. The molecule has 9 nitrogen and oxygen atoms in total. The number of anilines is 1. The minimum atomic E-state index is -4.08. The van der Waals surface area contributed by atoms with Crippen molar-refractivity contribution in [1.29, 1.82) is 0 Å². The van der Waals surface area contributed by atoms with Gasteiger partial charge in [0.1, 0.15) is 10.6 Å². The summed E-state index contributed by atoms with van der Waals surface area (Å²) < 4.78 is 30.8. The highest BCUT2D eigenvalue weighted by Crippen LogP contribution is 2.22. The molecular formula is C24H34N4O5S. The lowest BCUT2D eigenvalue weighted by atomic mass is 10.1. The van der Waals surface area contributed by atoms with Crippen LogP contribution in [-0.2, 0) is 21.5 Å². The molecule has 34 heavy (non-hydrogen) atoms. The first-order valence-electron chi connectivity index (χ1n) is 10.9. The zero-order chi connectivity index (χ0) is 25.5. The Balaban J connectivity index is 2.17. The average molecular weight is 491 g/mol. The summed E-state index contributed by atoms with van der Waals surface area (Å²) in [5, 5.41) is 5.55. The van der Waals surface area contributed by atoms with Crippen LogP contribution >= 0.6 is 0 Å². The van der Waals surface area contributed by atoms with Crippen LogP contribution in [0.2, 0.25) is 0 Å². The summed E-state index contributed by atoms with van der Waals surface area (Å²) in [6, 6.07) is 12.2. The van der Waals surface area contributed by atoms with E-state index in [9.17, 15) is 18.0 Å². The molecule has 0 aliphatic carbocycles. The number of amides is 3. The fourth-order valence-corrected chi connectivity index (χ4v) is 3.89. The lowest BCUT2D eigenvalue weighted by Gasteiger charge is -2.29. The molecule has 0 fully saturated rings. The molecule has 0 heterocycles. The maximum absolute atomic E-state index is 12.8. The van der Waals surface area contributed by atoms with E-state index in [2.05, 4.69) is 10.6 Å². The average Bonchev–Trinajstić information content (AvgIpc) is 2.69. The SMILES string of the molecule is CC(=O)Nc1ccc(S(=O)(=O)Oc2cccc(CN(CCN(C)C)C(=O)NC(C)(C)C)c2)cc1. The number of hydrogen-bond donors (Lipinski definition) is 2. The number of urea groups is 1. The van der Waals surface area contributed by atoms with E-state index in [0.29, 0.717) is 25.3 Å². The van der Waals surface area contributed by atoms with Gasteiger partial charge in [-0.05, 0) is 76.8 Å². The Morgan fingerprint density at radius 2 is 1.65 bits per heavy atom. The lowest BCUT2D eigenvalue weighted by Crippen LogP contribution is -2.49. The Kier molecular flexibility index (Phi) is 9.06. The second-order valence-corrected chi connectivity index (χ2v) is 10.8. The van der Waals surface area contributed by atoms with Gasteiger partial charge in [-0.15, -0.1) is 0 Å². The van der Waals surface area contributed by atoms with Gasteiger partial charge in [-0.3, -0.25) is 4.79 Å². The highest BCUT2D eigenvalue weighted by Gasteiger charge is 2.21. The highest BCUT2D eigenvalue weighted by molar-refractivity contribution is 7.87. The van der Waals surface area contributed by atoms with Gasteiger partial charge in [-0.25, -0.2) is 4.79 Å². The molecule has 0 spiro atoms. The Hall–Kier alpha value is -3.11. The Morgan fingerprint density at radius 1 is 1.00 bits per heavy atom. The minimum Gasteiger partial charge on any atom is -0.379 e. The van der Waals surface area contributed by atoms with Gasteiger partial charge in [0.15, 0.2) is 0 Å². The van der Waals surface area contributed by atoms with E-state index in [1.165, 1.54) is 31.2 Å². The summed E-state index contributed by atoms with van der Waals surface area (Å²) in [5.41, 5.74) is 0.832. The molecule has 10 heteroatoms. The van der Waals surface area contributed by atoms with Gasteiger partial charge < -0.3 is 24.6 Å². The Bertz CT molecular complexity index is 1090. The topological polar surface area (TPSA) is 108 Å². The van der Waals surface area contributed by atoms with Gasteiger partial charge in [0.2, 0.25) is 5.91 Å². The molecule has 0 radical (unpaired) electrons. The summed E-state index contributed by atoms with van der Waals surface area (Å²) in [4.78, 5) is 27.6. The molecule has 0 bridgehead atoms. The third-order valence-electron chi connectivity index (χ3n) is 4.53. The lowest BCUT2D eigenvalue weighted by molar-refractivity contribution is -0.114. The molecule has 2 N–H and O–H groups in total. The monoisotopic (exact) mass is 490 g/mol. The summed E-state index contributed by atoms with van der Waals surface area (Å²) in [6.07, 6.45) is 0. The van der Waals surface area contributed by atoms with Crippen LogP contribution in [-0.4, -0.2) is 62.9 Å². The predicted molar refractivity (Wildman–Crippen MR) is 132 cm³/mol. The molecule has 0 atom stereocenters. The number of nitrogens with one attached hydrogen (secondary N) is 2. The maximum Gasteiger partial charge on any atom is 0.339 e. The van der Waals surface area contributed by atoms with Crippen LogP contribution < -0.4 is 14.8 Å². The molecule has 0 aliphatic heterocycles. The Labute approximate surface area is 202 Å². The second-order valence-electron chi connectivity index (χ2n) is 9.30. The van der Waals surface area contributed by atoms with Crippen LogP contribution in [0.25, 0.3) is 0 Å². The van der Waals surface area contributed by atoms with Crippen molar-refractivity contribution in [2.75, 3.05) is 32.5 Å². The van der Waals surface area contributed by atoms with E-state index < -0.39 is 10.1 Å². The van der Waals surface area contributed by atoms with Crippen LogP contribution in [0, 0.1) is 0 Å². The zero-order valence-corrected chi connectivity index (χ0v) is 21.4. The molecule has 186 valence electrons. The molecular weight excluding hydrogens is 456 g/mol. The van der Waals surface area contributed by atoms with Crippen molar-refractivity contribution >= 4 is 27.7 Å². The van der Waals surface area contributed by atoms with Crippen LogP contribution in [0.15, 0.2) is 53.4 Å². The standard InChI is InChI=1S/C24H34N4O5S/c1-18(29)25-20-10-12-22(13-11-20)34(31,32)33-21-9-7-8-19(16-21)17-28(15-14-27(5)6)23(30)26-24(2,3)4/h7-13,16H,14-15,17H2,1-6H3,(H,25,29)(H,26,30). The molecule has 0 saturated heterocycles. The van der Waals surface area contributed by atoms with E-state index in [1.807, 2.05) is 45.8 Å². The van der Waals surface area contributed by atoms with Crippen LogP contribution in [0.1, 0.15) is 33.3 Å². The first-order valence-corrected chi connectivity index (χ1v) is 12.3. The van der Waals surface area contributed by atoms with Gasteiger partial charge in [0.05, 0.1) is 0 Å². The fraction of sp³-hybridized carbons (Fsp3) is 0.417. The zero-order valence-electron chi connectivity index (χ0n) is 20.6. The smallest absolute Gasteiger partial charge is 0.339 e. The normalized spacial score (nSPS) is 11.7. The minimum absolute atomic E-state index is 0.0378. The summed E-state index contributed by atoms with van der Waals surface area (Å²) >= 11 is 0. The molecule has 3 amide bonds. The van der Waals surface area contributed by atoms with Crippen LogP contribution in [0.5, 0.6) is 5.75 Å². The van der Waals surface area contributed by atoms with Gasteiger partial charge in [-0.2, -0.15) is 8.42 Å². The number of carbonyl (C=O) groups excluding carboxylic acids is 2. The molecule has 2 aromatic carbocycles. The molecule has 0 aromatic heterocycles. The summed E-state index contributed by atoms with van der Waals surface area (Å²) in [5.74, 6) is -0.105. The quantitative estimate of drug-likeness (QED) is 0.522. The van der Waals surface area contributed by atoms with Crippen LogP contribution in [0.4, 0.5) is 10.5 Å². The van der Waals surface area contributed by atoms with Crippen molar-refractivity contribution in [3.63, 3.8) is 0 Å². The Morgan fingerprint density at radius 3 is 2.21 bits per heavy atom. The molecule has 0 unspecified atom stereocenters. The van der Waals surface area contributed by atoms with Crippen molar-refractivity contribution in [3.8, 4) is 5.75 Å². The second kappa shape index (κ2) is 11.3. The van der Waals surface area contributed by atoms with Crippen molar-refractivity contribution in [2.24, 2.45) is 0 Å². The van der Waals surface area contributed by atoms with E-state index in [0.717, 1.165) is 5.56 Å². The summed E-state index contributed by atoms with van der Waals surface area (Å²) in [6.45, 7) is 8.58. The number of nitrogens with zero attached hydrogens (tertiary/aromatic N) is 2. The molecule has 0 saturated carbocycles. The fourth-order valence-electron chi connectivity index (χ4n) is 2.97. The third kappa shape index (κ3) is 9.03. The van der Waals surface area contributed by atoms with Gasteiger partial charge in [0.25, 0.3) is 0 Å². The number of likely N-dealkylation sites (N-methyl/N-ethyl adjacent to an activating group) is 1.